The van der Waals surface area contributed by atoms with E-state index in [0.29, 0.717) is 24.7 Å². The van der Waals surface area contributed by atoms with E-state index in [1.165, 1.54) is 0 Å². The third-order valence-corrected chi connectivity index (χ3v) is 4.92. The number of ether oxygens (including phenoxy) is 1. The van der Waals surface area contributed by atoms with E-state index in [-0.39, 0.29) is 12.0 Å². The number of rotatable bonds is 4. The highest BCUT2D eigenvalue weighted by Gasteiger charge is 2.32. The third-order valence-electron chi connectivity index (χ3n) is 4.92. The minimum Gasteiger partial charge on any atom is -0.444 e. The normalized spacial score (nSPS) is 16.2. The molecule has 3 aromatic rings. The molecule has 31 heavy (non-hydrogen) atoms. The Morgan fingerprint density at radius 1 is 1.06 bits per heavy atom. The van der Waals surface area contributed by atoms with Gasteiger partial charge in [0.1, 0.15) is 17.2 Å². The summed E-state index contributed by atoms with van der Waals surface area (Å²) < 4.78 is 5.53. The number of benzene rings is 1. The SMILES string of the molecule is CC(C)(C)OC(=O)N1CC[C@@H](c2nc(Nc3ccccc3)cc(-c3ccccn3)n2)C1. The lowest BCUT2D eigenvalue weighted by molar-refractivity contribution is 0.0292. The quantitative estimate of drug-likeness (QED) is 0.643. The summed E-state index contributed by atoms with van der Waals surface area (Å²) in [6.07, 6.45) is 2.25. The lowest BCUT2D eigenvalue weighted by Gasteiger charge is -2.24. The number of nitrogens with zero attached hydrogens (tertiary/aromatic N) is 4. The van der Waals surface area contributed by atoms with E-state index in [4.69, 9.17) is 14.7 Å². The molecule has 2 aromatic heterocycles. The van der Waals surface area contributed by atoms with Crippen LogP contribution in [0.2, 0.25) is 0 Å². The number of likely N-dealkylation sites (tertiary alicyclic amines) is 1. The van der Waals surface area contributed by atoms with Crippen LogP contribution in [0.25, 0.3) is 11.4 Å². The molecule has 0 spiro atoms. The van der Waals surface area contributed by atoms with E-state index in [1.54, 1.807) is 11.1 Å². The highest BCUT2D eigenvalue weighted by molar-refractivity contribution is 5.69. The molecular weight excluding hydrogens is 390 g/mol. The van der Waals surface area contributed by atoms with Gasteiger partial charge in [-0.25, -0.2) is 14.8 Å². The first-order valence-electron chi connectivity index (χ1n) is 10.5. The van der Waals surface area contributed by atoms with Gasteiger partial charge in [0.2, 0.25) is 0 Å². The molecule has 0 aliphatic carbocycles. The summed E-state index contributed by atoms with van der Waals surface area (Å²) >= 11 is 0. The predicted molar refractivity (Wildman–Crippen MR) is 120 cm³/mol. The summed E-state index contributed by atoms with van der Waals surface area (Å²) in [7, 11) is 0. The summed E-state index contributed by atoms with van der Waals surface area (Å²) in [4.78, 5) is 28.2. The fourth-order valence-corrected chi connectivity index (χ4v) is 3.49. The number of pyridine rings is 1. The van der Waals surface area contributed by atoms with Gasteiger partial charge >= 0.3 is 6.09 Å². The van der Waals surface area contributed by atoms with Crippen LogP contribution in [0.1, 0.15) is 38.9 Å². The van der Waals surface area contributed by atoms with Crippen molar-refractivity contribution >= 4 is 17.6 Å². The topological polar surface area (TPSA) is 80.2 Å². The minimum absolute atomic E-state index is 0.0347. The van der Waals surface area contributed by atoms with E-state index in [2.05, 4.69) is 10.3 Å². The van der Waals surface area contributed by atoms with Crippen molar-refractivity contribution in [1.29, 1.82) is 0 Å². The van der Waals surface area contributed by atoms with E-state index in [9.17, 15) is 4.79 Å². The van der Waals surface area contributed by atoms with Crippen LogP contribution in [-0.2, 0) is 4.74 Å². The maximum Gasteiger partial charge on any atom is 0.410 e. The number of nitrogens with one attached hydrogen (secondary N) is 1. The average Bonchev–Trinajstić information content (AvgIpc) is 3.24. The second-order valence-electron chi connectivity index (χ2n) is 8.61. The number of anilines is 2. The first-order valence-corrected chi connectivity index (χ1v) is 10.5. The Morgan fingerprint density at radius 2 is 1.84 bits per heavy atom. The van der Waals surface area contributed by atoms with Gasteiger partial charge in [0.05, 0.1) is 11.4 Å². The zero-order valence-corrected chi connectivity index (χ0v) is 18.1. The van der Waals surface area contributed by atoms with Crippen molar-refractivity contribution in [2.24, 2.45) is 0 Å². The van der Waals surface area contributed by atoms with Crippen LogP contribution >= 0.6 is 0 Å². The van der Waals surface area contributed by atoms with Crippen molar-refractivity contribution in [3.63, 3.8) is 0 Å². The summed E-state index contributed by atoms with van der Waals surface area (Å²) in [5.41, 5.74) is 1.96. The van der Waals surface area contributed by atoms with Crippen molar-refractivity contribution < 1.29 is 9.53 Å². The predicted octanol–water partition coefficient (Wildman–Crippen LogP) is 5.01. The number of aromatic nitrogens is 3. The average molecular weight is 418 g/mol. The van der Waals surface area contributed by atoms with Crippen molar-refractivity contribution in [3.8, 4) is 11.4 Å². The van der Waals surface area contributed by atoms with Gasteiger partial charge in [0, 0.05) is 37.0 Å². The van der Waals surface area contributed by atoms with Gasteiger partial charge in [0.15, 0.2) is 0 Å². The summed E-state index contributed by atoms with van der Waals surface area (Å²) in [6, 6.07) is 17.5. The molecule has 3 heterocycles. The Labute approximate surface area is 182 Å². The number of carbonyl (C=O) groups excluding carboxylic acids is 1. The summed E-state index contributed by atoms with van der Waals surface area (Å²) in [5.74, 6) is 1.44. The van der Waals surface area contributed by atoms with Crippen LogP contribution in [0, 0.1) is 0 Å². The van der Waals surface area contributed by atoms with Crippen LogP contribution in [0.15, 0.2) is 60.8 Å². The molecule has 1 fully saturated rings. The van der Waals surface area contributed by atoms with Gasteiger partial charge in [-0.05, 0) is 51.5 Å². The molecule has 1 saturated heterocycles. The van der Waals surface area contributed by atoms with Gasteiger partial charge in [-0.3, -0.25) is 4.98 Å². The monoisotopic (exact) mass is 417 g/mol. The fourth-order valence-electron chi connectivity index (χ4n) is 3.49. The van der Waals surface area contributed by atoms with E-state index in [1.807, 2.05) is 75.4 Å². The molecule has 0 radical (unpaired) electrons. The number of hydrogen-bond donors (Lipinski definition) is 1. The Kier molecular flexibility index (Phi) is 5.84. The third kappa shape index (κ3) is 5.36. The van der Waals surface area contributed by atoms with Crippen molar-refractivity contribution in [1.82, 2.24) is 19.9 Å². The number of hydrogen-bond acceptors (Lipinski definition) is 6. The van der Waals surface area contributed by atoms with E-state index in [0.717, 1.165) is 23.5 Å². The van der Waals surface area contributed by atoms with Crippen LogP contribution in [0.4, 0.5) is 16.3 Å². The standard InChI is InChI=1S/C24H27N5O2/c1-24(2,3)31-23(30)29-14-12-17(16-29)22-27-20(19-11-7-8-13-25-19)15-21(28-22)26-18-9-5-4-6-10-18/h4-11,13,15,17H,12,14,16H2,1-3H3,(H,26,27,28)/t17-/m1/s1. The molecule has 1 aliphatic heterocycles. The number of para-hydroxylation sites is 1. The van der Waals surface area contributed by atoms with Crippen molar-refractivity contribution in [3.05, 3.63) is 66.6 Å². The molecule has 1 atom stereocenters. The molecule has 1 N–H and O–H groups in total. The molecule has 1 amide bonds. The first-order chi connectivity index (χ1) is 14.9. The largest absolute Gasteiger partial charge is 0.444 e. The second kappa shape index (κ2) is 8.71. The number of amides is 1. The molecule has 0 unspecified atom stereocenters. The van der Waals surface area contributed by atoms with Crippen LogP contribution in [0.3, 0.4) is 0 Å². The van der Waals surface area contributed by atoms with Crippen molar-refractivity contribution in [2.75, 3.05) is 18.4 Å². The fraction of sp³-hybridized carbons (Fsp3) is 0.333. The molecule has 7 nitrogen and oxygen atoms in total. The molecule has 0 saturated carbocycles. The Hall–Kier alpha value is -3.48. The van der Waals surface area contributed by atoms with E-state index < -0.39 is 5.60 Å². The highest BCUT2D eigenvalue weighted by Crippen LogP contribution is 2.29. The Bertz CT molecular complexity index is 1030. The molecule has 1 aliphatic rings. The van der Waals surface area contributed by atoms with E-state index >= 15 is 0 Å². The highest BCUT2D eigenvalue weighted by atomic mass is 16.6. The summed E-state index contributed by atoms with van der Waals surface area (Å²) in [5, 5.41) is 3.36. The maximum absolute atomic E-state index is 12.5. The van der Waals surface area contributed by atoms with Crippen LogP contribution < -0.4 is 5.32 Å². The smallest absolute Gasteiger partial charge is 0.410 e. The molecule has 4 rings (SSSR count). The zero-order chi connectivity index (χ0) is 21.8. The molecule has 1 aromatic carbocycles. The van der Waals surface area contributed by atoms with Gasteiger partial charge < -0.3 is 15.0 Å². The molecule has 160 valence electrons. The Morgan fingerprint density at radius 3 is 2.55 bits per heavy atom. The summed E-state index contributed by atoms with van der Waals surface area (Å²) in [6.45, 7) is 6.78. The Balaban J connectivity index is 1.61. The molecule has 0 bridgehead atoms. The van der Waals surface area contributed by atoms with Gasteiger partial charge in [-0.2, -0.15) is 0 Å². The first kappa shape index (κ1) is 20.8. The second-order valence-corrected chi connectivity index (χ2v) is 8.61. The van der Waals surface area contributed by atoms with Gasteiger partial charge in [-0.1, -0.05) is 24.3 Å². The minimum atomic E-state index is -0.517. The van der Waals surface area contributed by atoms with Crippen molar-refractivity contribution in [2.45, 2.75) is 38.7 Å². The molecule has 7 heteroatoms. The van der Waals surface area contributed by atoms with Crippen LogP contribution in [-0.4, -0.2) is 44.6 Å². The maximum atomic E-state index is 12.5. The number of carbonyl (C=O) groups is 1. The molecular formula is C24H27N5O2. The van der Waals surface area contributed by atoms with Gasteiger partial charge in [0.25, 0.3) is 0 Å². The van der Waals surface area contributed by atoms with Gasteiger partial charge in [-0.15, -0.1) is 0 Å². The van der Waals surface area contributed by atoms with Crippen LogP contribution in [0.5, 0.6) is 0 Å². The lowest BCUT2D eigenvalue weighted by Crippen LogP contribution is -2.35. The lowest BCUT2D eigenvalue weighted by atomic mass is 10.1. The zero-order valence-electron chi connectivity index (χ0n) is 18.1.